The molecule has 0 aliphatic rings. The highest BCUT2D eigenvalue weighted by molar-refractivity contribution is 7.11. The van der Waals surface area contributed by atoms with Crippen LogP contribution in [0.2, 0.25) is 0 Å². The number of nitrogens with two attached hydrogens (primary N) is 1. The first-order valence-electron chi connectivity index (χ1n) is 6.32. The van der Waals surface area contributed by atoms with Crippen molar-refractivity contribution in [2.45, 2.75) is 26.8 Å². The number of carboxylic acid groups (broad SMARTS) is 1. The number of thiazole rings is 1. The molecule has 0 fully saturated rings. The summed E-state index contributed by atoms with van der Waals surface area (Å²) in [6.45, 7) is 4.46. The molecule has 1 aromatic heterocycles. The van der Waals surface area contributed by atoms with E-state index >= 15 is 0 Å². The number of anilines is 2. The van der Waals surface area contributed by atoms with Gasteiger partial charge in [-0.25, -0.2) is 9.78 Å². The molecule has 6 heteroatoms. The summed E-state index contributed by atoms with van der Waals surface area (Å²) in [6.07, 6.45) is 2.85. The molecule has 0 saturated heterocycles. The van der Waals surface area contributed by atoms with Gasteiger partial charge in [0.05, 0.1) is 12.1 Å². The second kappa shape index (κ2) is 5.92. The standard InChI is InChI=1S/C14H17N3O2S/c1-3-10-6-17-12(20-10)7-16-9-4-8(2)13(15)11(5-9)14(18)19/h4-6,16H,3,7,15H2,1-2H3,(H,18,19). The van der Waals surface area contributed by atoms with E-state index < -0.39 is 5.97 Å². The molecule has 5 nitrogen and oxygen atoms in total. The van der Waals surface area contributed by atoms with Crippen molar-refractivity contribution in [1.29, 1.82) is 0 Å². The van der Waals surface area contributed by atoms with E-state index in [0.717, 1.165) is 22.7 Å². The number of rotatable bonds is 5. The van der Waals surface area contributed by atoms with Gasteiger partial charge in [-0.3, -0.25) is 0 Å². The predicted octanol–water partition coefficient (Wildman–Crippen LogP) is 2.91. The van der Waals surface area contributed by atoms with Crippen LogP contribution in [0, 0.1) is 6.92 Å². The first kappa shape index (κ1) is 14.3. The number of aromatic nitrogens is 1. The van der Waals surface area contributed by atoms with Crippen LogP contribution in [0.1, 0.15) is 32.7 Å². The van der Waals surface area contributed by atoms with Gasteiger partial charge in [-0.15, -0.1) is 11.3 Å². The zero-order valence-electron chi connectivity index (χ0n) is 11.4. The summed E-state index contributed by atoms with van der Waals surface area (Å²) in [4.78, 5) is 16.7. The maximum Gasteiger partial charge on any atom is 0.337 e. The number of benzene rings is 1. The Balaban J connectivity index is 2.15. The molecule has 4 N–H and O–H groups in total. The quantitative estimate of drug-likeness (QED) is 0.737. The molecule has 0 unspecified atom stereocenters. The summed E-state index contributed by atoms with van der Waals surface area (Å²) in [7, 11) is 0. The Hall–Kier alpha value is -2.08. The Labute approximate surface area is 121 Å². The normalized spacial score (nSPS) is 10.5. The number of nitrogens with zero attached hydrogens (tertiary/aromatic N) is 1. The summed E-state index contributed by atoms with van der Waals surface area (Å²) >= 11 is 1.66. The maximum atomic E-state index is 11.1. The van der Waals surface area contributed by atoms with Crippen molar-refractivity contribution in [2.75, 3.05) is 11.1 Å². The minimum Gasteiger partial charge on any atom is -0.478 e. The zero-order valence-corrected chi connectivity index (χ0v) is 12.3. The van der Waals surface area contributed by atoms with Crippen molar-refractivity contribution in [3.63, 3.8) is 0 Å². The lowest BCUT2D eigenvalue weighted by Gasteiger charge is -2.10. The number of nitrogen functional groups attached to an aromatic ring is 1. The average Bonchev–Trinajstić information content (AvgIpc) is 2.87. The third-order valence-corrected chi connectivity index (χ3v) is 4.15. The van der Waals surface area contributed by atoms with Gasteiger partial charge in [-0.2, -0.15) is 0 Å². The van der Waals surface area contributed by atoms with Crippen LogP contribution < -0.4 is 11.1 Å². The molecule has 1 aromatic carbocycles. The number of aryl methyl sites for hydroxylation is 2. The van der Waals surface area contributed by atoms with Crippen LogP contribution in [0.25, 0.3) is 0 Å². The molecule has 1 heterocycles. The topological polar surface area (TPSA) is 88.2 Å². The third-order valence-electron chi connectivity index (χ3n) is 3.01. The number of aromatic carboxylic acids is 1. The summed E-state index contributed by atoms with van der Waals surface area (Å²) in [5.74, 6) is -1.02. The summed E-state index contributed by atoms with van der Waals surface area (Å²) in [5.41, 5.74) is 7.69. The lowest BCUT2D eigenvalue weighted by atomic mass is 10.1. The molecule has 0 aliphatic carbocycles. The van der Waals surface area contributed by atoms with Gasteiger partial charge < -0.3 is 16.2 Å². The maximum absolute atomic E-state index is 11.1. The van der Waals surface area contributed by atoms with Crippen LogP contribution in [0.15, 0.2) is 18.3 Å². The minimum absolute atomic E-state index is 0.126. The largest absolute Gasteiger partial charge is 0.478 e. The second-order valence-corrected chi connectivity index (χ2v) is 5.69. The molecule has 106 valence electrons. The van der Waals surface area contributed by atoms with Crippen LogP contribution in [-0.4, -0.2) is 16.1 Å². The van der Waals surface area contributed by atoms with Crippen molar-refractivity contribution >= 4 is 28.7 Å². The Morgan fingerprint density at radius 1 is 1.50 bits per heavy atom. The number of nitrogens with one attached hydrogen (secondary N) is 1. The minimum atomic E-state index is -1.02. The molecule has 2 aromatic rings. The Morgan fingerprint density at radius 3 is 2.85 bits per heavy atom. The fourth-order valence-electron chi connectivity index (χ4n) is 1.85. The highest BCUT2D eigenvalue weighted by Gasteiger charge is 2.11. The Bertz CT molecular complexity index is 637. The number of carboxylic acids is 1. The SMILES string of the molecule is CCc1cnc(CNc2cc(C)c(N)c(C(=O)O)c2)s1. The van der Waals surface area contributed by atoms with Crippen LogP contribution in [0.5, 0.6) is 0 Å². The lowest BCUT2D eigenvalue weighted by molar-refractivity contribution is 0.0698. The molecule has 0 atom stereocenters. The van der Waals surface area contributed by atoms with E-state index in [2.05, 4.69) is 17.2 Å². The van der Waals surface area contributed by atoms with Crippen molar-refractivity contribution < 1.29 is 9.90 Å². The molecule has 20 heavy (non-hydrogen) atoms. The lowest BCUT2D eigenvalue weighted by Crippen LogP contribution is -2.07. The first-order valence-corrected chi connectivity index (χ1v) is 7.13. The van der Waals surface area contributed by atoms with Gasteiger partial charge in [0.15, 0.2) is 0 Å². The number of carbonyl (C=O) groups is 1. The van der Waals surface area contributed by atoms with Crippen LogP contribution in [0.4, 0.5) is 11.4 Å². The van der Waals surface area contributed by atoms with E-state index in [9.17, 15) is 4.79 Å². The fourth-order valence-corrected chi connectivity index (χ4v) is 2.65. The summed E-state index contributed by atoms with van der Waals surface area (Å²) in [5, 5.41) is 13.3. The highest BCUT2D eigenvalue weighted by Crippen LogP contribution is 2.23. The van der Waals surface area contributed by atoms with E-state index in [1.807, 2.05) is 12.3 Å². The third kappa shape index (κ3) is 3.08. The molecule has 0 amide bonds. The molecular weight excluding hydrogens is 274 g/mol. The van der Waals surface area contributed by atoms with Gasteiger partial charge in [-0.1, -0.05) is 6.92 Å². The van der Waals surface area contributed by atoms with E-state index in [4.69, 9.17) is 10.8 Å². The van der Waals surface area contributed by atoms with Crippen LogP contribution in [0.3, 0.4) is 0 Å². The van der Waals surface area contributed by atoms with E-state index in [1.165, 1.54) is 4.88 Å². The molecule has 0 spiro atoms. The van der Waals surface area contributed by atoms with Gasteiger partial charge >= 0.3 is 5.97 Å². The molecule has 0 bridgehead atoms. The van der Waals surface area contributed by atoms with Gasteiger partial charge in [-0.05, 0) is 31.0 Å². The van der Waals surface area contributed by atoms with Gasteiger partial charge in [0.2, 0.25) is 0 Å². The first-order chi connectivity index (χ1) is 9.51. The second-order valence-electron chi connectivity index (χ2n) is 4.49. The zero-order chi connectivity index (χ0) is 14.7. The Morgan fingerprint density at radius 2 is 2.25 bits per heavy atom. The molecule has 2 rings (SSSR count). The average molecular weight is 291 g/mol. The van der Waals surface area contributed by atoms with Crippen LogP contribution in [-0.2, 0) is 13.0 Å². The van der Waals surface area contributed by atoms with Gasteiger partial charge in [0, 0.05) is 22.4 Å². The number of hydrogen-bond donors (Lipinski definition) is 3. The van der Waals surface area contributed by atoms with E-state index in [0.29, 0.717) is 12.2 Å². The molecule has 0 saturated carbocycles. The van der Waals surface area contributed by atoms with Crippen molar-refractivity contribution in [2.24, 2.45) is 0 Å². The smallest absolute Gasteiger partial charge is 0.337 e. The van der Waals surface area contributed by atoms with Crippen molar-refractivity contribution in [3.8, 4) is 0 Å². The van der Waals surface area contributed by atoms with E-state index in [1.54, 1.807) is 24.3 Å². The van der Waals surface area contributed by atoms with Crippen molar-refractivity contribution in [3.05, 3.63) is 39.3 Å². The summed E-state index contributed by atoms with van der Waals surface area (Å²) in [6, 6.07) is 3.40. The molecular formula is C14H17N3O2S. The molecule has 0 aliphatic heterocycles. The fraction of sp³-hybridized carbons (Fsp3) is 0.286. The molecule has 0 radical (unpaired) electrons. The van der Waals surface area contributed by atoms with Gasteiger partial charge in [0.25, 0.3) is 0 Å². The van der Waals surface area contributed by atoms with Crippen molar-refractivity contribution in [1.82, 2.24) is 4.98 Å². The monoisotopic (exact) mass is 291 g/mol. The Kier molecular flexibility index (Phi) is 4.24. The highest BCUT2D eigenvalue weighted by atomic mass is 32.1. The number of hydrogen-bond acceptors (Lipinski definition) is 5. The summed E-state index contributed by atoms with van der Waals surface area (Å²) < 4.78 is 0. The van der Waals surface area contributed by atoms with E-state index in [-0.39, 0.29) is 5.56 Å². The van der Waals surface area contributed by atoms with Gasteiger partial charge in [0.1, 0.15) is 5.01 Å². The predicted molar refractivity (Wildman–Crippen MR) is 81.4 cm³/mol. The van der Waals surface area contributed by atoms with Crippen LogP contribution >= 0.6 is 11.3 Å².